The predicted octanol–water partition coefficient (Wildman–Crippen LogP) is 4.97. The molecule has 0 aromatic rings. The monoisotopic (exact) mass is 743 g/mol. The first-order valence-corrected chi connectivity index (χ1v) is 20.7. The molecule has 0 rings (SSSR count). The van der Waals surface area contributed by atoms with Crippen LogP contribution in [0.15, 0.2) is 0 Å². The molecule has 2 unspecified atom stereocenters. The van der Waals surface area contributed by atoms with Crippen molar-refractivity contribution in [3.63, 3.8) is 0 Å². The van der Waals surface area contributed by atoms with Gasteiger partial charge in [-0.3, -0.25) is 18.1 Å². The highest BCUT2D eigenvalue weighted by molar-refractivity contribution is 7.51. The second kappa shape index (κ2) is 21.5. The second-order valence-corrected chi connectivity index (χ2v) is 19.2. The molecule has 8 N–H and O–H groups in total. The minimum atomic E-state index is -3.99. The van der Waals surface area contributed by atoms with Crippen molar-refractivity contribution in [3.05, 3.63) is 0 Å². The molecule has 284 valence electrons. The molecule has 0 amide bonds. The Morgan fingerprint density at radius 3 is 0.851 bits per heavy atom. The highest BCUT2D eigenvalue weighted by Gasteiger charge is 2.29. The Hall–Kier alpha value is 0.170. The lowest BCUT2D eigenvalue weighted by Gasteiger charge is -2.28. The van der Waals surface area contributed by atoms with Gasteiger partial charge >= 0.3 is 23.2 Å². The summed E-state index contributed by atoms with van der Waals surface area (Å²) in [6.07, 6.45) is 2.51. The molecule has 0 aromatic carbocycles. The van der Waals surface area contributed by atoms with Gasteiger partial charge < -0.3 is 28.7 Å². The van der Waals surface area contributed by atoms with Gasteiger partial charge in [0.1, 0.15) is 0 Å². The van der Waals surface area contributed by atoms with Crippen molar-refractivity contribution in [1.82, 2.24) is 0 Å². The van der Waals surface area contributed by atoms with Gasteiger partial charge in [0, 0.05) is 26.4 Å². The topological polar surface area (TPSA) is 244 Å². The molecule has 0 aliphatic heterocycles. The van der Waals surface area contributed by atoms with Gasteiger partial charge in [0.05, 0.1) is 52.9 Å². The first kappa shape index (κ1) is 47.2. The summed E-state index contributed by atoms with van der Waals surface area (Å²) in [4.78, 5) is 18.1. The van der Waals surface area contributed by atoms with E-state index >= 15 is 0 Å². The third kappa shape index (κ3) is 30.7. The Kier molecular flexibility index (Phi) is 21.6. The maximum atomic E-state index is 12.7. The minimum absolute atomic E-state index is 0.0508. The van der Waals surface area contributed by atoms with E-state index in [-0.39, 0.29) is 48.1 Å². The summed E-state index contributed by atoms with van der Waals surface area (Å²) in [5.41, 5.74) is 14.4. The largest absolute Gasteiger partial charge is 0.402 e. The molecular weight excluding hydrogens is 679 g/mol. The Labute approximate surface area is 282 Å². The van der Waals surface area contributed by atoms with Crippen molar-refractivity contribution < 1.29 is 60.5 Å². The van der Waals surface area contributed by atoms with Crippen molar-refractivity contribution in [2.75, 3.05) is 79.3 Å². The molecule has 0 saturated carbocycles. The fourth-order valence-electron chi connectivity index (χ4n) is 3.43. The zero-order valence-electron chi connectivity index (χ0n) is 29.8. The summed E-state index contributed by atoms with van der Waals surface area (Å²) >= 11 is 0. The lowest BCUT2D eigenvalue weighted by Crippen LogP contribution is -2.25. The van der Waals surface area contributed by atoms with E-state index in [0.29, 0.717) is 78.5 Å². The Balaban J connectivity index is 4.06. The van der Waals surface area contributed by atoms with E-state index in [1.165, 1.54) is 0 Å². The third-order valence-electron chi connectivity index (χ3n) is 6.99. The zero-order valence-corrected chi connectivity index (χ0v) is 32.5. The van der Waals surface area contributed by atoms with Gasteiger partial charge in [0.2, 0.25) is 0 Å². The molecule has 0 aliphatic carbocycles. The maximum Gasteiger partial charge on any atom is 0.402 e. The number of ether oxygens (including phenoxy) is 4. The second-order valence-electron chi connectivity index (χ2n) is 14.9. The van der Waals surface area contributed by atoms with Crippen molar-refractivity contribution >= 4 is 23.2 Å². The van der Waals surface area contributed by atoms with Crippen LogP contribution >= 0.6 is 23.2 Å². The normalized spacial score (nSPS) is 17.3. The molecular formula is C28H64N3O13P3. The van der Waals surface area contributed by atoms with Crippen LogP contribution in [0.2, 0.25) is 0 Å². The van der Waals surface area contributed by atoms with Crippen LogP contribution in [0.1, 0.15) is 81.1 Å². The first-order valence-electron chi connectivity index (χ1n) is 15.7. The summed E-state index contributed by atoms with van der Waals surface area (Å²) < 4.78 is 78.0. The number of nitrogens with two attached hydrogens (primary N) is 3. The van der Waals surface area contributed by atoms with E-state index in [9.17, 15) is 13.7 Å². The Morgan fingerprint density at radius 1 is 0.426 bits per heavy atom. The van der Waals surface area contributed by atoms with Crippen LogP contribution < -0.4 is 16.5 Å². The van der Waals surface area contributed by atoms with Gasteiger partial charge in [0.25, 0.3) is 0 Å². The van der Waals surface area contributed by atoms with Crippen molar-refractivity contribution in [3.8, 4) is 0 Å². The Morgan fingerprint density at radius 2 is 0.638 bits per heavy atom. The molecule has 0 bridgehead atoms. The average Bonchev–Trinajstić information content (AvgIpc) is 2.91. The van der Waals surface area contributed by atoms with Crippen LogP contribution in [-0.4, -0.2) is 89.1 Å². The highest BCUT2D eigenvalue weighted by Crippen LogP contribution is 2.43. The van der Waals surface area contributed by atoms with Crippen LogP contribution in [0, 0.1) is 21.7 Å². The van der Waals surface area contributed by atoms with E-state index in [1.807, 2.05) is 55.4 Å². The average molecular weight is 744 g/mol. The molecule has 0 saturated heterocycles. The molecule has 19 heteroatoms. The summed E-state index contributed by atoms with van der Waals surface area (Å²) in [6, 6.07) is 0. The first-order chi connectivity index (χ1) is 21.2. The van der Waals surface area contributed by atoms with Crippen LogP contribution in [0.25, 0.3) is 0 Å². The molecule has 0 aromatic heterocycles. The third-order valence-corrected chi connectivity index (χ3v) is 8.96. The van der Waals surface area contributed by atoms with Crippen molar-refractivity contribution in [2.45, 2.75) is 81.1 Å². The van der Waals surface area contributed by atoms with Crippen molar-refractivity contribution in [1.29, 1.82) is 0 Å². The molecule has 0 spiro atoms. The Bertz CT molecular complexity index is 929. The quantitative estimate of drug-likeness (QED) is 0.0482. The lowest BCUT2D eigenvalue weighted by molar-refractivity contribution is 0.0158. The molecule has 0 fully saturated rings. The van der Waals surface area contributed by atoms with E-state index < -0.39 is 23.2 Å². The van der Waals surface area contributed by atoms with Gasteiger partial charge in [-0.25, -0.2) is 30.2 Å². The minimum Gasteiger partial charge on any atom is -0.379 e. The van der Waals surface area contributed by atoms with Crippen LogP contribution in [0.4, 0.5) is 0 Å². The molecule has 0 radical (unpaired) electrons. The molecule has 0 heterocycles. The van der Waals surface area contributed by atoms with E-state index in [0.717, 1.165) is 0 Å². The van der Waals surface area contributed by atoms with Crippen LogP contribution in [-0.2, 0) is 50.7 Å². The van der Waals surface area contributed by atoms with Gasteiger partial charge in [-0.05, 0) is 47.3 Å². The number of hydrogen-bond acceptors (Lipinski definition) is 11. The zero-order chi connectivity index (χ0) is 36.5. The maximum absolute atomic E-state index is 12.7. The van der Waals surface area contributed by atoms with Crippen LogP contribution in [0.5, 0.6) is 0 Å². The highest BCUT2D eigenvalue weighted by atomic mass is 31.2. The SMILES string of the molecule is CC(C)(CCOCCOCCC(C)(C)COP(N)(=O)OCC(C)(C)CCOCCOCCC(C)(C)COP(N)(=O)O)COP(N)(=O)O. The smallest absolute Gasteiger partial charge is 0.379 e. The van der Waals surface area contributed by atoms with E-state index in [4.69, 9.17) is 63.3 Å². The predicted molar refractivity (Wildman–Crippen MR) is 180 cm³/mol. The van der Waals surface area contributed by atoms with Gasteiger partial charge in [-0.2, -0.15) is 0 Å². The molecule has 16 nitrogen and oxygen atoms in total. The van der Waals surface area contributed by atoms with Gasteiger partial charge in [-0.1, -0.05) is 55.4 Å². The summed E-state index contributed by atoms with van der Waals surface area (Å²) in [7, 11) is -11.8. The molecule has 47 heavy (non-hydrogen) atoms. The van der Waals surface area contributed by atoms with Crippen LogP contribution in [0.3, 0.4) is 0 Å². The lowest BCUT2D eigenvalue weighted by atomic mass is 9.91. The number of hydrogen-bond donors (Lipinski definition) is 5. The van der Waals surface area contributed by atoms with E-state index in [1.54, 1.807) is 0 Å². The van der Waals surface area contributed by atoms with Crippen molar-refractivity contribution in [2.24, 2.45) is 38.2 Å². The van der Waals surface area contributed by atoms with Gasteiger partial charge in [-0.15, -0.1) is 0 Å². The molecule has 2 atom stereocenters. The summed E-state index contributed by atoms with van der Waals surface area (Å²) in [5.74, 6) is 0. The summed E-state index contributed by atoms with van der Waals surface area (Å²) in [6.45, 7) is 19.1. The fourth-order valence-corrected chi connectivity index (χ4v) is 5.63. The molecule has 0 aliphatic rings. The fraction of sp³-hybridized carbons (Fsp3) is 1.00. The standard InChI is InChI=1S/C28H64N3O13P3/c1-25(2,21-41-45(29,32)33)9-13-37-17-19-39-15-11-27(5,6)23-43-47(31,36)44-24-28(7,8)12-16-40-20-18-38-14-10-26(3,4)22-42-46(30,34)35/h9-24H2,1-8H3,(H2,31,36)(H3,29,32,33)(H3,30,34,35). The number of rotatable bonds is 30. The van der Waals surface area contributed by atoms with Gasteiger partial charge in [0.15, 0.2) is 0 Å². The van der Waals surface area contributed by atoms with E-state index in [2.05, 4.69) is 0 Å². The summed E-state index contributed by atoms with van der Waals surface area (Å²) in [5, 5.41) is 0.